The number of nitrogens with one attached hydrogen (secondary N) is 1. The SMILES string of the molecule is COCc1cccc(CNc2nc(OC)nc(OC)n2)c1. The number of aromatic nitrogens is 3. The molecule has 1 heterocycles. The summed E-state index contributed by atoms with van der Waals surface area (Å²) < 4.78 is 15.1. The smallest absolute Gasteiger partial charge is 0.324 e. The molecule has 1 N–H and O–H groups in total. The maximum Gasteiger partial charge on any atom is 0.324 e. The van der Waals surface area contributed by atoms with Crippen molar-refractivity contribution in [2.24, 2.45) is 0 Å². The lowest BCUT2D eigenvalue weighted by molar-refractivity contribution is 0.185. The minimum absolute atomic E-state index is 0.206. The van der Waals surface area contributed by atoms with Crippen LogP contribution < -0.4 is 14.8 Å². The van der Waals surface area contributed by atoms with Gasteiger partial charge in [-0.15, -0.1) is 4.98 Å². The average Bonchev–Trinajstić information content (AvgIpc) is 2.53. The van der Waals surface area contributed by atoms with Crippen molar-refractivity contribution < 1.29 is 14.2 Å². The van der Waals surface area contributed by atoms with Crippen LogP contribution in [-0.2, 0) is 17.9 Å². The maximum atomic E-state index is 5.12. The van der Waals surface area contributed by atoms with Crippen LogP contribution >= 0.6 is 0 Å². The molecule has 0 radical (unpaired) electrons. The Morgan fingerprint density at radius 2 is 1.62 bits per heavy atom. The van der Waals surface area contributed by atoms with Crippen molar-refractivity contribution >= 4 is 5.95 Å². The number of methoxy groups -OCH3 is 3. The van der Waals surface area contributed by atoms with Gasteiger partial charge in [0.15, 0.2) is 0 Å². The molecule has 0 amide bonds. The van der Waals surface area contributed by atoms with Gasteiger partial charge in [0.25, 0.3) is 0 Å². The summed E-state index contributed by atoms with van der Waals surface area (Å²) in [5, 5.41) is 3.12. The third kappa shape index (κ3) is 4.28. The summed E-state index contributed by atoms with van der Waals surface area (Å²) in [4.78, 5) is 12.2. The topological polar surface area (TPSA) is 78.4 Å². The number of hydrogen-bond acceptors (Lipinski definition) is 7. The zero-order valence-electron chi connectivity index (χ0n) is 12.3. The number of ether oxygens (including phenoxy) is 3. The summed E-state index contributed by atoms with van der Waals surface area (Å²) in [6, 6.07) is 8.49. The molecule has 112 valence electrons. The average molecular weight is 290 g/mol. The first-order valence-corrected chi connectivity index (χ1v) is 6.40. The van der Waals surface area contributed by atoms with Crippen LogP contribution in [0.3, 0.4) is 0 Å². The number of rotatable bonds is 7. The highest BCUT2D eigenvalue weighted by molar-refractivity contribution is 5.31. The molecule has 2 rings (SSSR count). The largest absolute Gasteiger partial charge is 0.467 e. The molecule has 0 fully saturated rings. The third-order valence-electron chi connectivity index (χ3n) is 2.71. The quantitative estimate of drug-likeness (QED) is 0.830. The Kier molecular flexibility index (Phi) is 5.28. The van der Waals surface area contributed by atoms with Crippen LogP contribution in [0.25, 0.3) is 0 Å². The van der Waals surface area contributed by atoms with E-state index >= 15 is 0 Å². The van der Waals surface area contributed by atoms with Crippen LogP contribution in [0, 0.1) is 0 Å². The molecule has 0 aliphatic heterocycles. The number of anilines is 1. The van der Waals surface area contributed by atoms with Crippen molar-refractivity contribution in [2.45, 2.75) is 13.2 Å². The molecule has 0 atom stereocenters. The Morgan fingerprint density at radius 3 is 2.24 bits per heavy atom. The number of hydrogen-bond donors (Lipinski definition) is 1. The Bertz CT molecular complexity index is 570. The molecule has 0 saturated carbocycles. The van der Waals surface area contributed by atoms with E-state index in [1.165, 1.54) is 14.2 Å². The van der Waals surface area contributed by atoms with Crippen LogP contribution in [0.1, 0.15) is 11.1 Å². The molecule has 7 nitrogen and oxygen atoms in total. The highest BCUT2D eigenvalue weighted by Gasteiger charge is 2.06. The minimum atomic E-state index is 0.206. The minimum Gasteiger partial charge on any atom is -0.467 e. The molecular weight excluding hydrogens is 272 g/mol. The summed E-state index contributed by atoms with van der Waals surface area (Å²) in [6.07, 6.45) is 0. The van der Waals surface area contributed by atoms with Gasteiger partial charge in [0.1, 0.15) is 0 Å². The summed E-state index contributed by atoms with van der Waals surface area (Å²) in [5.74, 6) is 0.399. The molecule has 0 unspecified atom stereocenters. The van der Waals surface area contributed by atoms with E-state index in [0.717, 1.165) is 11.1 Å². The molecular formula is C14H18N4O3. The lowest BCUT2D eigenvalue weighted by atomic mass is 10.1. The normalized spacial score (nSPS) is 10.2. The second-order valence-electron chi connectivity index (χ2n) is 4.24. The van der Waals surface area contributed by atoms with Crippen molar-refractivity contribution in [3.63, 3.8) is 0 Å². The van der Waals surface area contributed by atoms with Gasteiger partial charge in [0.2, 0.25) is 5.95 Å². The second kappa shape index (κ2) is 7.39. The molecule has 7 heteroatoms. The highest BCUT2D eigenvalue weighted by Crippen LogP contribution is 2.13. The van der Waals surface area contributed by atoms with Gasteiger partial charge in [-0.25, -0.2) is 0 Å². The molecule has 1 aromatic heterocycles. The number of nitrogens with zero attached hydrogens (tertiary/aromatic N) is 3. The Labute approximate surface area is 123 Å². The zero-order chi connectivity index (χ0) is 15.1. The van der Waals surface area contributed by atoms with Crippen LogP contribution in [0.4, 0.5) is 5.95 Å². The molecule has 0 bridgehead atoms. The molecule has 0 saturated heterocycles. The first-order valence-electron chi connectivity index (χ1n) is 6.40. The van der Waals surface area contributed by atoms with Gasteiger partial charge in [0.05, 0.1) is 20.8 Å². The van der Waals surface area contributed by atoms with Gasteiger partial charge in [-0.1, -0.05) is 24.3 Å². The predicted molar refractivity (Wildman–Crippen MR) is 77.4 cm³/mol. The third-order valence-corrected chi connectivity index (χ3v) is 2.71. The first kappa shape index (κ1) is 15.0. The van der Waals surface area contributed by atoms with Crippen LogP contribution in [-0.4, -0.2) is 36.3 Å². The highest BCUT2D eigenvalue weighted by atomic mass is 16.5. The molecule has 2 aromatic rings. The van der Waals surface area contributed by atoms with Crippen LogP contribution in [0.5, 0.6) is 12.0 Å². The van der Waals surface area contributed by atoms with Gasteiger partial charge in [-0.05, 0) is 11.1 Å². The molecule has 1 aromatic carbocycles. The van der Waals surface area contributed by atoms with E-state index in [1.54, 1.807) is 7.11 Å². The molecule has 0 aliphatic rings. The Morgan fingerprint density at radius 1 is 0.952 bits per heavy atom. The van der Waals surface area contributed by atoms with Crippen molar-refractivity contribution in [3.05, 3.63) is 35.4 Å². The van der Waals surface area contributed by atoms with E-state index in [1.807, 2.05) is 18.2 Å². The van der Waals surface area contributed by atoms with E-state index < -0.39 is 0 Å². The van der Waals surface area contributed by atoms with Crippen LogP contribution in [0.2, 0.25) is 0 Å². The second-order valence-corrected chi connectivity index (χ2v) is 4.24. The molecule has 21 heavy (non-hydrogen) atoms. The van der Waals surface area contributed by atoms with Crippen molar-refractivity contribution in [1.29, 1.82) is 0 Å². The summed E-state index contributed by atoms with van der Waals surface area (Å²) in [6.45, 7) is 1.16. The summed E-state index contributed by atoms with van der Waals surface area (Å²) >= 11 is 0. The first-order chi connectivity index (χ1) is 10.2. The fourth-order valence-electron chi connectivity index (χ4n) is 1.78. The number of benzene rings is 1. The van der Waals surface area contributed by atoms with Crippen molar-refractivity contribution in [2.75, 3.05) is 26.6 Å². The van der Waals surface area contributed by atoms with Gasteiger partial charge in [-0.3, -0.25) is 0 Å². The standard InChI is InChI=1S/C14H18N4O3/c1-19-9-11-6-4-5-10(7-11)8-15-12-16-13(20-2)18-14(17-12)21-3/h4-7H,8-9H2,1-3H3,(H,15,16,17,18). The summed E-state index contributed by atoms with van der Waals surface area (Å²) in [5.41, 5.74) is 2.21. The van der Waals surface area contributed by atoms with Gasteiger partial charge < -0.3 is 19.5 Å². The van der Waals surface area contributed by atoms with Crippen molar-refractivity contribution in [1.82, 2.24) is 15.0 Å². The van der Waals surface area contributed by atoms with E-state index in [0.29, 0.717) is 19.1 Å². The fraction of sp³-hybridized carbons (Fsp3) is 0.357. The van der Waals surface area contributed by atoms with Gasteiger partial charge in [0, 0.05) is 13.7 Å². The molecule has 0 spiro atoms. The van der Waals surface area contributed by atoms with Crippen molar-refractivity contribution in [3.8, 4) is 12.0 Å². The summed E-state index contributed by atoms with van der Waals surface area (Å²) in [7, 11) is 4.66. The van der Waals surface area contributed by atoms with Crippen LogP contribution in [0.15, 0.2) is 24.3 Å². The monoisotopic (exact) mass is 290 g/mol. The lowest BCUT2D eigenvalue weighted by Crippen LogP contribution is -2.07. The Balaban J connectivity index is 2.07. The predicted octanol–water partition coefficient (Wildman–Crippen LogP) is 1.65. The fourth-order valence-corrected chi connectivity index (χ4v) is 1.78. The zero-order valence-corrected chi connectivity index (χ0v) is 12.3. The van der Waals surface area contributed by atoms with E-state index in [4.69, 9.17) is 14.2 Å². The lowest BCUT2D eigenvalue weighted by Gasteiger charge is -2.08. The van der Waals surface area contributed by atoms with E-state index in [-0.39, 0.29) is 12.0 Å². The Hall–Kier alpha value is -2.41. The molecule has 0 aliphatic carbocycles. The van der Waals surface area contributed by atoms with E-state index in [2.05, 4.69) is 26.3 Å². The maximum absolute atomic E-state index is 5.12. The van der Waals surface area contributed by atoms with Gasteiger partial charge >= 0.3 is 12.0 Å². The van der Waals surface area contributed by atoms with Gasteiger partial charge in [-0.2, -0.15) is 9.97 Å². The van der Waals surface area contributed by atoms with E-state index in [9.17, 15) is 0 Å².